The highest BCUT2D eigenvalue weighted by Gasteiger charge is 2.25. The van der Waals surface area contributed by atoms with Crippen molar-refractivity contribution in [2.24, 2.45) is 0 Å². The number of amides is 2. The van der Waals surface area contributed by atoms with E-state index in [0.29, 0.717) is 42.1 Å². The van der Waals surface area contributed by atoms with Crippen molar-refractivity contribution in [1.29, 1.82) is 0 Å². The molecule has 5 aromatic rings. The summed E-state index contributed by atoms with van der Waals surface area (Å²) in [5, 5.41) is 2.92. The van der Waals surface area contributed by atoms with Crippen molar-refractivity contribution in [3.63, 3.8) is 0 Å². The number of nitrogens with zero attached hydrogens (tertiary/aromatic N) is 1. The Morgan fingerprint density at radius 2 is 1.29 bits per heavy atom. The first-order valence-corrected chi connectivity index (χ1v) is 17.1. The van der Waals surface area contributed by atoms with Gasteiger partial charge in [0.15, 0.2) is 0 Å². The summed E-state index contributed by atoms with van der Waals surface area (Å²) in [6.07, 6.45) is 1.67. The van der Waals surface area contributed by atoms with E-state index < -0.39 is 5.97 Å². The molecule has 1 N–H and O–H groups in total. The molecule has 51 heavy (non-hydrogen) atoms. The Bertz CT molecular complexity index is 2000. The van der Waals surface area contributed by atoms with Gasteiger partial charge in [-0.05, 0) is 103 Å². The number of anilines is 1. The Labute approximate surface area is 299 Å². The van der Waals surface area contributed by atoms with Crippen molar-refractivity contribution in [2.75, 3.05) is 25.5 Å². The normalized spacial score (nSPS) is 13.0. The zero-order valence-electron chi connectivity index (χ0n) is 29.4. The lowest BCUT2D eigenvalue weighted by Crippen LogP contribution is -2.41. The monoisotopic (exact) mass is 682 g/mol. The average molecular weight is 683 g/mol. The van der Waals surface area contributed by atoms with E-state index in [-0.39, 0.29) is 17.9 Å². The molecule has 0 saturated carbocycles. The van der Waals surface area contributed by atoms with E-state index in [4.69, 9.17) is 14.2 Å². The molecule has 8 nitrogen and oxygen atoms in total. The van der Waals surface area contributed by atoms with Gasteiger partial charge in [0.25, 0.3) is 11.8 Å². The number of carbonyl (C=O) groups is 3. The molecule has 1 heterocycles. The lowest BCUT2D eigenvalue weighted by Gasteiger charge is -2.32. The third-order valence-electron chi connectivity index (χ3n) is 9.31. The molecule has 0 atom stereocenters. The van der Waals surface area contributed by atoms with Gasteiger partial charge in [-0.2, -0.15) is 0 Å². The second-order valence-electron chi connectivity index (χ2n) is 12.9. The number of aryl methyl sites for hydroxylation is 2. The molecule has 2 amide bonds. The highest BCUT2D eigenvalue weighted by molar-refractivity contribution is 6.06. The Morgan fingerprint density at radius 1 is 0.706 bits per heavy atom. The average Bonchev–Trinajstić information content (AvgIpc) is 3.16. The number of benzene rings is 5. The molecule has 260 valence electrons. The third kappa shape index (κ3) is 8.47. The number of piperidine rings is 1. The number of esters is 1. The zero-order valence-corrected chi connectivity index (χ0v) is 29.4. The summed E-state index contributed by atoms with van der Waals surface area (Å²) in [7, 11) is 1.34. The van der Waals surface area contributed by atoms with E-state index >= 15 is 0 Å². The Kier molecular flexibility index (Phi) is 10.8. The van der Waals surface area contributed by atoms with Crippen LogP contribution in [0.15, 0.2) is 109 Å². The minimum atomic E-state index is -0.431. The highest BCUT2D eigenvalue weighted by Crippen LogP contribution is 2.27. The molecule has 0 bridgehead atoms. The van der Waals surface area contributed by atoms with Gasteiger partial charge >= 0.3 is 5.97 Å². The second kappa shape index (κ2) is 15.8. The molecular formula is C43H42N2O6. The van der Waals surface area contributed by atoms with Crippen molar-refractivity contribution >= 4 is 23.5 Å². The van der Waals surface area contributed by atoms with Gasteiger partial charge in [-0.3, -0.25) is 9.59 Å². The molecule has 1 aliphatic rings. The minimum absolute atomic E-state index is 0.0757. The van der Waals surface area contributed by atoms with Gasteiger partial charge in [0, 0.05) is 42.7 Å². The van der Waals surface area contributed by atoms with Crippen molar-refractivity contribution in [1.82, 2.24) is 4.90 Å². The Hall–Kier alpha value is -5.89. The van der Waals surface area contributed by atoms with Gasteiger partial charge in [0.05, 0.1) is 12.7 Å². The third-order valence-corrected chi connectivity index (χ3v) is 9.31. The first kappa shape index (κ1) is 35.0. The van der Waals surface area contributed by atoms with Gasteiger partial charge in [0.1, 0.15) is 24.2 Å². The van der Waals surface area contributed by atoms with Gasteiger partial charge in [-0.25, -0.2) is 4.79 Å². The first-order chi connectivity index (χ1) is 24.7. The number of methoxy groups -OCH3 is 1. The Morgan fingerprint density at radius 3 is 1.92 bits per heavy atom. The number of hydrogen-bond donors (Lipinski definition) is 1. The predicted molar refractivity (Wildman–Crippen MR) is 199 cm³/mol. The van der Waals surface area contributed by atoms with Crippen LogP contribution >= 0.6 is 0 Å². The molecule has 1 aliphatic heterocycles. The van der Waals surface area contributed by atoms with Crippen molar-refractivity contribution in [3.05, 3.63) is 148 Å². The van der Waals surface area contributed by atoms with Crippen LogP contribution in [0.4, 0.5) is 5.69 Å². The number of carbonyl (C=O) groups excluding carboxylic acids is 3. The van der Waals surface area contributed by atoms with Gasteiger partial charge in [-0.1, -0.05) is 60.2 Å². The van der Waals surface area contributed by atoms with Crippen molar-refractivity contribution in [2.45, 2.75) is 46.3 Å². The molecule has 0 aromatic heterocycles. The van der Waals surface area contributed by atoms with Crippen LogP contribution in [0.1, 0.15) is 66.2 Å². The molecule has 6 rings (SSSR count). The molecule has 0 aliphatic carbocycles. The maximum atomic E-state index is 13.0. The van der Waals surface area contributed by atoms with Crippen LogP contribution in [0.3, 0.4) is 0 Å². The van der Waals surface area contributed by atoms with Crippen LogP contribution in [0, 0.1) is 20.8 Å². The second-order valence-corrected chi connectivity index (χ2v) is 12.9. The topological polar surface area (TPSA) is 94.2 Å². The molecule has 1 fully saturated rings. The van der Waals surface area contributed by atoms with Crippen LogP contribution in [0.5, 0.6) is 11.5 Å². The molecule has 5 aromatic carbocycles. The van der Waals surface area contributed by atoms with E-state index in [2.05, 4.69) is 5.32 Å². The van der Waals surface area contributed by atoms with Crippen LogP contribution in [-0.4, -0.2) is 49.0 Å². The zero-order chi connectivity index (χ0) is 35.9. The smallest absolute Gasteiger partial charge is 0.338 e. The van der Waals surface area contributed by atoms with Gasteiger partial charge in [-0.15, -0.1) is 0 Å². The van der Waals surface area contributed by atoms with Crippen LogP contribution in [0.25, 0.3) is 11.1 Å². The van der Waals surface area contributed by atoms with Crippen LogP contribution in [0.2, 0.25) is 0 Å². The first-order valence-electron chi connectivity index (χ1n) is 17.1. The molecule has 1 saturated heterocycles. The maximum absolute atomic E-state index is 13.0. The number of hydrogen-bond acceptors (Lipinski definition) is 6. The number of rotatable bonds is 10. The molecule has 8 heteroatoms. The summed E-state index contributed by atoms with van der Waals surface area (Å²) < 4.78 is 17.2. The fraction of sp³-hybridized carbons (Fsp3) is 0.233. The largest absolute Gasteiger partial charge is 0.490 e. The van der Waals surface area contributed by atoms with Crippen LogP contribution < -0.4 is 14.8 Å². The number of nitrogens with one attached hydrogen (secondary N) is 1. The summed E-state index contributed by atoms with van der Waals surface area (Å²) in [6, 6.07) is 34.5. The fourth-order valence-corrected chi connectivity index (χ4v) is 6.23. The lowest BCUT2D eigenvalue weighted by molar-refractivity contribution is 0.0588. The van der Waals surface area contributed by atoms with E-state index in [0.717, 1.165) is 57.7 Å². The predicted octanol–water partition coefficient (Wildman–Crippen LogP) is 8.58. The minimum Gasteiger partial charge on any atom is -0.490 e. The SMILES string of the molecule is COC(=O)c1c(C)ccc(NC(=O)c2ccc(-c3ccc(OCc4ccc(OC5CCN(C(=O)c6ccc(C)cc6)CC5)cc4)cc3)cc2)c1C. The molecule has 0 spiro atoms. The Balaban J connectivity index is 0.966. The summed E-state index contributed by atoms with van der Waals surface area (Å²) in [5.74, 6) is 0.950. The molecular weight excluding hydrogens is 640 g/mol. The summed E-state index contributed by atoms with van der Waals surface area (Å²) in [4.78, 5) is 40.0. The van der Waals surface area contributed by atoms with Crippen molar-refractivity contribution in [3.8, 4) is 22.6 Å². The number of ether oxygens (including phenoxy) is 3. The lowest BCUT2D eigenvalue weighted by atomic mass is 10.0. The summed E-state index contributed by atoms with van der Waals surface area (Å²) >= 11 is 0. The maximum Gasteiger partial charge on any atom is 0.338 e. The summed E-state index contributed by atoms with van der Waals surface area (Å²) in [5.41, 5.74) is 7.85. The van der Waals surface area contributed by atoms with Crippen molar-refractivity contribution < 1.29 is 28.6 Å². The molecule has 0 unspecified atom stereocenters. The van der Waals surface area contributed by atoms with E-state index in [1.807, 2.05) is 104 Å². The quantitative estimate of drug-likeness (QED) is 0.148. The number of likely N-dealkylation sites (tertiary alicyclic amines) is 1. The fourth-order valence-electron chi connectivity index (χ4n) is 6.23. The van der Waals surface area contributed by atoms with Gasteiger partial charge in [0.2, 0.25) is 0 Å². The summed E-state index contributed by atoms with van der Waals surface area (Å²) in [6.45, 7) is 7.43. The van der Waals surface area contributed by atoms with Gasteiger partial charge < -0.3 is 24.4 Å². The standard InChI is InChI=1S/C43H42N2O6/c1-28-5-10-35(11-6-28)42(47)45-25-23-38(24-26-45)51-37-18-8-31(9-19-37)27-50-36-20-16-33(17-21-36)32-12-14-34(15-13-32)41(46)44-39-22-7-29(2)40(30(39)3)43(48)49-4/h5-22,38H,23-27H2,1-4H3,(H,44,46). The van der Waals surface area contributed by atoms with E-state index in [1.165, 1.54) is 7.11 Å². The molecule has 0 radical (unpaired) electrons. The van der Waals surface area contributed by atoms with Crippen LogP contribution in [-0.2, 0) is 11.3 Å². The highest BCUT2D eigenvalue weighted by atomic mass is 16.5. The van der Waals surface area contributed by atoms with E-state index in [9.17, 15) is 14.4 Å². The van der Waals surface area contributed by atoms with E-state index in [1.54, 1.807) is 31.2 Å².